The number of aromatic amines is 1. The molecule has 1 spiro atoms. The number of methoxy groups -OCH3 is 1. The number of fused-ring (bicyclic) bond motifs is 1. The Labute approximate surface area is 155 Å². The molecule has 0 bridgehead atoms. The van der Waals surface area contributed by atoms with Gasteiger partial charge in [-0.2, -0.15) is 0 Å². The SMILES string of the molecule is CO[C@@H]1CCC[C@]12CCCN(Cc1cc3cc(C)cc(C)c3[nH]c1=O)C2. The molecule has 1 saturated carbocycles. The van der Waals surface area contributed by atoms with Crippen LogP contribution in [0.4, 0.5) is 0 Å². The van der Waals surface area contributed by atoms with Gasteiger partial charge in [-0.05, 0) is 69.2 Å². The maximum atomic E-state index is 12.7. The number of nitrogens with one attached hydrogen (secondary N) is 1. The molecule has 4 heteroatoms. The summed E-state index contributed by atoms with van der Waals surface area (Å²) in [5.41, 5.74) is 4.57. The van der Waals surface area contributed by atoms with Crippen molar-refractivity contribution in [2.75, 3.05) is 20.2 Å². The number of ether oxygens (including phenoxy) is 1. The predicted molar refractivity (Wildman–Crippen MR) is 106 cm³/mol. The Morgan fingerprint density at radius 3 is 2.85 bits per heavy atom. The molecule has 140 valence electrons. The zero-order valence-corrected chi connectivity index (χ0v) is 16.2. The van der Waals surface area contributed by atoms with E-state index in [1.54, 1.807) is 0 Å². The van der Waals surface area contributed by atoms with Crippen molar-refractivity contribution in [3.05, 3.63) is 45.2 Å². The van der Waals surface area contributed by atoms with Gasteiger partial charge in [0.25, 0.3) is 5.56 Å². The molecular weight excluding hydrogens is 324 g/mol. The van der Waals surface area contributed by atoms with Crippen LogP contribution < -0.4 is 5.56 Å². The van der Waals surface area contributed by atoms with Gasteiger partial charge in [-0.25, -0.2) is 0 Å². The van der Waals surface area contributed by atoms with Crippen LogP contribution in [0.1, 0.15) is 48.8 Å². The van der Waals surface area contributed by atoms with Gasteiger partial charge >= 0.3 is 0 Å². The lowest BCUT2D eigenvalue weighted by Crippen LogP contribution is -2.47. The van der Waals surface area contributed by atoms with E-state index in [1.807, 2.05) is 7.11 Å². The Balaban J connectivity index is 1.61. The average Bonchev–Trinajstić information content (AvgIpc) is 2.98. The fourth-order valence-corrected chi connectivity index (χ4v) is 5.42. The molecule has 1 N–H and O–H groups in total. The molecule has 2 aromatic rings. The number of hydrogen-bond acceptors (Lipinski definition) is 3. The van der Waals surface area contributed by atoms with Gasteiger partial charge in [0.05, 0.1) is 11.6 Å². The molecule has 0 amide bonds. The number of H-pyrrole nitrogens is 1. The summed E-state index contributed by atoms with van der Waals surface area (Å²) < 4.78 is 5.82. The standard InChI is InChI=1S/C22H30N2O2/c1-15-10-16(2)20-17(11-15)12-18(21(25)23-20)13-24-9-5-8-22(14-24)7-4-6-19(22)26-3/h10-12,19H,4-9,13-14H2,1-3H3,(H,23,25)/t19-,22-/m1/s1. The second-order valence-electron chi connectivity index (χ2n) is 8.46. The first-order chi connectivity index (χ1) is 12.5. The monoisotopic (exact) mass is 354 g/mol. The molecule has 4 nitrogen and oxygen atoms in total. The van der Waals surface area contributed by atoms with Crippen LogP contribution >= 0.6 is 0 Å². The zero-order valence-electron chi connectivity index (χ0n) is 16.2. The largest absolute Gasteiger partial charge is 0.381 e. The minimum Gasteiger partial charge on any atom is -0.381 e. The third kappa shape index (κ3) is 3.10. The fourth-order valence-electron chi connectivity index (χ4n) is 5.42. The van der Waals surface area contributed by atoms with Crippen LogP contribution in [0.3, 0.4) is 0 Å². The number of aryl methyl sites for hydroxylation is 2. The van der Waals surface area contributed by atoms with Crippen molar-refractivity contribution in [1.29, 1.82) is 0 Å². The lowest BCUT2D eigenvalue weighted by Gasteiger charge is -2.43. The summed E-state index contributed by atoms with van der Waals surface area (Å²) in [5.74, 6) is 0. The van der Waals surface area contributed by atoms with Gasteiger partial charge in [-0.1, -0.05) is 18.1 Å². The molecule has 4 rings (SSSR count). The minimum absolute atomic E-state index is 0.0544. The number of benzene rings is 1. The van der Waals surface area contributed by atoms with Gasteiger partial charge in [0.2, 0.25) is 0 Å². The number of hydrogen-bond donors (Lipinski definition) is 1. The highest BCUT2D eigenvalue weighted by atomic mass is 16.5. The van der Waals surface area contributed by atoms with E-state index in [0.717, 1.165) is 41.7 Å². The maximum absolute atomic E-state index is 12.7. The van der Waals surface area contributed by atoms with Crippen molar-refractivity contribution >= 4 is 10.9 Å². The van der Waals surface area contributed by atoms with Crippen LogP contribution in [0.15, 0.2) is 23.0 Å². The van der Waals surface area contributed by atoms with E-state index < -0.39 is 0 Å². The van der Waals surface area contributed by atoms with Crippen molar-refractivity contribution in [3.8, 4) is 0 Å². The predicted octanol–water partition coefficient (Wildman–Crippen LogP) is 3.93. The number of nitrogens with zero attached hydrogens (tertiary/aromatic N) is 1. The Kier molecular flexibility index (Phi) is 4.66. The molecule has 1 aliphatic carbocycles. The van der Waals surface area contributed by atoms with Crippen LogP contribution in [0.25, 0.3) is 10.9 Å². The van der Waals surface area contributed by atoms with Gasteiger partial charge in [-0.3, -0.25) is 9.69 Å². The van der Waals surface area contributed by atoms with Crippen LogP contribution in [0.5, 0.6) is 0 Å². The molecule has 0 radical (unpaired) electrons. The Morgan fingerprint density at radius 1 is 1.23 bits per heavy atom. The highest BCUT2D eigenvalue weighted by Gasteiger charge is 2.45. The molecule has 1 aliphatic heterocycles. The van der Waals surface area contributed by atoms with Gasteiger partial charge in [0.15, 0.2) is 0 Å². The number of likely N-dealkylation sites (tertiary alicyclic amines) is 1. The van der Waals surface area contributed by atoms with Crippen LogP contribution in [-0.4, -0.2) is 36.2 Å². The molecule has 2 heterocycles. The first-order valence-corrected chi connectivity index (χ1v) is 9.89. The van der Waals surface area contributed by atoms with Crippen molar-refractivity contribution in [1.82, 2.24) is 9.88 Å². The van der Waals surface area contributed by atoms with E-state index in [9.17, 15) is 4.79 Å². The Bertz CT molecular complexity index is 872. The minimum atomic E-state index is 0.0544. The van der Waals surface area contributed by atoms with Gasteiger partial charge in [0.1, 0.15) is 0 Å². The first kappa shape index (κ1) is 17.7. The quantitative estimate of drug-likeness (QED) is 0.908. The first-order valence-electron chi connectivity index (χ1n) is 9.89. The van der Waals surface area contributed by atoms with Crippen LogP contribution in [0, 0.1) is 19.3 Å². The highest BCUT2D eigenvalue weighted by molar-refractivity contribution is 5.82. The Hall–Kier alpha value is -1.65. The maximum Gasteiger partial charge on any atom is 0.252 e. The van der Waals surface area contributed by atoms with Crippen LogP contribution in [0.2, 0.25) is 0 Å². The zero-order chi connectivity index (χ0) is 18.3. The smallest absolute Gasteiger partial charge is 0.252 e. The number of aromatic nitrogens is 1. The average molecular weight is 354 g/mol. The lowest BCUT2D eigenvalue weighted by molar-refractivity contribution is -0.0367. The van der Waals surface area contributed by atoms with Crippen molar-refractivity contribution < 1.29 is 4.74 Å². The molecule has 1 aromatic carbocycles. The summed E-state index contributed by atoms with van der Waals surface area (Å²) in [4.78, 5) is 18.3. The molecular formula is C22H30N2O2. The molecule has 26 heavy (non-hydrogen) atoms. The fraction of sp³-hybridized carbons (Fsp3) is 0.591. The Morgan fingerprint density at radius 2 is 2.04 bits per heavy atom. The van der Waals surface area contributed by atoms with E-state index >= 15 is 0 Å². The highest BCUT2D eigenvalue weighted by Crippen LogP contribution is 2.46. The molecule has 1 saturated heterocycles. The van der Waals surface area contributed by atoms with Gasteiger partial charge in [0, 0.05) is 31.2 Å². The molecule has 1 aromatic heterocycles. The lowest BCUT2D eigenvalue weighted by atomic mass is 9.76. The summed E-state index contributed by atoms with van der Waals surface area (Å²) in [6.45, 7) is 7.02. The molecule has 2 aliphatic rings. The van der Waals surface area contributed by atoms with Crippen LogP contribution in [-0.2, 0) is 11.3 Å². The number of piperidine rings is 1. The van der Waals surface area contributed by atoms with Crippen molar-refractivity contribution in [2.24, 2.45) is 5.41 Å². The summed E-state index contributed by atoms with van der Waals surface area (Å²) in [5, 5.41) is 1.14. The van der Waals surface area contributed by atoms with E-state index in [4.69, 9.17) is 4.74 Å². The molecule has 2 fully saturated rings. The summed E-state index contributed by atoms with van der Waals surface area (Å²) in [6, 6.07) is 6.38. The summed E-state index contributed by atoms with van der Waals surface area (Å²) in [7, 11) is 1.86. The second-order valence-corrected chi connectivity index (χ2v) is 8.46. The molecule has 2 atom stereocenters. The third-order valence-corrected chi connectivity index (χ3v) is 6.56. The topological polar surface area (TPSA) is 45.3 Å². The summed E-state index contributed by atoms with van der Waals surface area (Å²) in [6.07, 6.45) is 6.54. The van der Waals surface area contributed by atoms with Gasteiger partial charge < -0.3 is 9.72 Å². The van der Waals surface area contributed by atoms with E-state index in [-0.39, 0.29) is 5.56 Å². The number of rotatable bonds is 3. The molecule has 0 unspecified atom stereocenters. The van der Waals surface area contributed by atoms with E-state index in [2.05, 4.69) is 41.9 Å². The van der Waals surface area contributed by atoms with Crippen molar-refractivity contribution in [3.63, 3.8) is 0 Å². The van der Waals surface area contributed by atoms with E-state index in [1.165, 1.54) is 37.7 Å². The second kappa shape index (κ2) is 6.82. The van der Waals surface area contributed by atoms with E-state index in [0.29, 0.717) is 11.5 Å². The van der Waals surface area contributed by atoms with Gasteiger partial charge in [-0.15, -0.1) is 0 Å². The normalized spacial score (nSPS) is 26.8. The third-order valence-electron chi connectivity index (χ3n) is 6.56. The van der Waals surface area contributed by atoms with Crippen molar-refractivity contribution in [2.45, 2.75) is 58.6 Å². The summed E-state index contributed by atoms with van der Waals surface area (Å²) >= 11 is 0. The number of pyridine rings is 1.